The molecule has 0 saturated heterocycles. The van der Waals surface area contributed by atoms with Crippen LogP contribution in [0.2, 0.25) is 0 Å². The molecule has 16 nitrogen and oxygen atoms in total. The molecule has 0 radical (unpaired) electrons. The summed E-state index contributed by atoms with van der Waals surface area (Å²) in [7, 11) is 0. The number of rotatable bonds is 12. The van der Waals surface area contributed by atoms with Crippen LogP contribution < -0.4 is 0 Å². The summed E-state index contributed by atoms with van der Waals surface area (Å²) in [6.07, 6.45) is -0.266. The van der Waals surface area contributed by atoms with Gasteiger partial charge in [0.15, 0.2) is 0 Å². The number of carbonyl (C=O) groups is 8. The molecule has 0 aliphatic rings. The minimum atomic E-state index is -1.81. The monoisotopic (exact) mass is 710 g/mol. The van der Waals surface area contributed by atoms with E-state index in [1.807, 2.05) is 0 Å². The van der Waals surface area contributed by atoms with Crippen LogP contribution in [0.15, 0.2) is 60.7 Å². The Labute approximate surface area is 290 Å². The molecule has 0 saturated carbocycles. The van der Waals surface area contributed by atoms with Gasteiger partial charge in [0.2, 0.25) is 0 Å². The van der Waals surface area contributed by atoms with Gasteiger partial charge < -0.3 is 40.9 Å². The topological polar surface area (TPSA) is 298 Å². The molecule has 0 fully saturated rings. The highest BCUT2D eigenvalue weighted by Crippen LogP contribution is 2.36. The SMILES string of the molecule is O=C(O)c1cc(C#Cc2cc(C(=O)O)c(-c3c(C(=O)O)cc(CCc4cc(C(=O)O)cc(C(=O)O)c4)cc3C(=O)O)c(C(=O)O)c2)cc(C(=O)O)c1. The van der Waals surface area contributed by atoms with Crippen LogP contribution in [-0.4, -0.2) is 88.6 Å². The first-order valence-electron chi connectivity index (χ1n) is 14.4. The van der Waals surface area contributed by atoms with Gasteiger partial charge in [-0.05, 0) is 84.6 Å². The van der Waals surface area contributed by atoms with Crippen molar-refractivity contribution in [3.05, 3.63) is 127 Å². The molecular weight excluding hydrogens is 688 g/mol. The molecule has 0 aliphatic carbocycles. The van der Waals surface area contributed by atoms with Crippen LogP contribution in [0.5, 0.6) is 0 Å². The van der Waals surface area contributed by atoms with E-state index < -0.39 is 92.3 Å². The maximum absolute atomic E-state index is 12.6. The van der Waals surface area contributed by atoms with Crippen LogP contribution >= 0.6 is 0 Å². The normalized spacial score (nSPS) is 10.4. The van der Waals surface area contributed by atoms with Crippen LogP contribution in [0.25, 0.3) is 11.1 Å². The van der Waals surface area contributed by atoms with Crippen molar-refractivity contribution in [2.75, 3.05) is 0 Å². The molecule has 0 aliphatic heterocycles. The number of carboxylic acid groups (broad SMARTS) is 8. The summed E-state index contributed by atoms with van der Waals surface area (Å²) in [5.41, 5.74) is -6.78. The summed E-state index contributed by atoms with van der Waals surface area (Å²) >= 11 is 0. The third-order valence-corrected chi connectivity index (χ3v) is 7.48. The summed E-state index contributed by atoms with van der Waals surface area (Å²) in [5.74, 6) is -8.11. The van der Waals surface area contributed by atoms with Gasteiger partial charge in [0.05, 0.1) is 44.5 Å². The molecule has 52 heavy (non-hydrogen) atoms. The van der Waals surface area contributed by atoms with Crippen molar-refractivity contribution < 1.29 is 79.2 Å². The summed E-state index contributed by atoms with van der Waals surface area (Å²) in [5, 5.41) is 77.9. The average molecular weight is 711 g/mol. The zero-order valence-corrected chi connectivity index (χ0v) is 26.0. The Morgan fingerprint density at radius 2 is 0.615 bits per heavy atom. The lowest BCUT2D eigenvalue weighted by Crippen LogP contribution is -2.15. The molecule has 262 valence electrons. The highest BCUT2D eigenvalue weighted by Gasteiger charge is 2.30. The van der Waals surface area contributed by atoms with Crippen molar-refractivity contribution in [1.29, 1.82) is 0 Å². The standard InChI is InChI=1S/C36H22O16/c37-29(38)19-5-15(6-20(13-19)30(39)40)1-3-17-9-23(33(45)46)27(24(10-17)34(47)48)28-25(35(49)50)11-18(12-26(28)36(51)52)4-2-16-7-21(31(41)42)14-22(8-16)32(43)44/h5-14H,1,3H2,(H,37,38)(H,39,40)(H,41,42)(H,43,44)(H,45,46)(H,47,48)(H,49,50)(H,51,52). The highest BCUT2D eigenvalue weighted by atomic mass is 16.4. The van der Waals surface area contributed by atoms with Gasteiger partial charge in [0, 0.05) is 22.3 Å². The van der Waals surface area contributed by atoms with E-state index in [0.717, 1.165) is 48.5 Å². The van der Waals surface area contributed by atoms with E-state index in [4.69, 9.17) is 0 Å². The predicted molar refractivity (Wildman–Crippen MR) is 174 cm³/mol. The fourth-order valence-electron chi connectivity index (χ4n) is 5.24. The van der Waals surface area contributed by atoms with E-state index in [2.05, 4.69) is 11.8 Å². The van der Waals surface area contributed by atoms with Gasteiger partial charge in [0.1, 0.15) is 0 Å². The minimum Gasteiger partial charge on any atom is -0.478 e. The van der Waals surface area contributed by atoms with Crippen molar-refractivity contribution >= 4 is 47.8 Å². The molecule has 0 spiro atoms. The van der Waals surface area contributed by atoms with Gasteiger partial charge in [-0.3, -0.25) is 0 Å². The van der Waals surface area contributed by atoms with E-state index in [1.165, 1.54) is 12.1 Å². The first-order chi connectivity index (χ1) is 24.4. The lowest BCUT2D eigenvalue weighted by atomic mass is 9.84. The number of hydrogen-bond acceptors (Lipinski definition) is 8. The van der Waals surface area contributed by atoms with Gasteiger partial charge in [-0.25, -0.2) is 38.4 Å². The molecule has 0 unspecified atom stereocenters. The number of aryl methyl sites for hydroxylation is 2. The van der Waals surface area contributed by atoms with Crippen LogP contribution in [-0.2, 0) is 12.8 Å². The molecular formula is C36H22O16. The van der Waals surface area contributed by atoms with Crippen LogP contribution in [0, 0.1) is 11.8 Å². The smallest absolute Gasteiger partial charge is 0.336 e. The lowest BCUT2D eigenvalue weighted by Gasteiger charge is -2.18. The fourth-order valence-corrected chi connectivity index (χ4v) is 5.24. The second-order valence-electron chi connectivity index (χ2n) is 10.9. The first-order valence-corrected chi connectivity index (χ1v) is 14.4. The Morgan fingerprint density at radius 3 is 0.923 bits per heavy atom. The maximum atomic E-state index is 12.6. The Kier molecular flexibility index (Phi) is 10.5. The van der Waals surface area contributed by atoms with Crippen molar-refractivity contribution in [2.24, 2.45) is 0 Å². The van der Waals surface area contributed by atoms with Crippen molar-refractivity contribution in [3.63, 3.8) is 0 Å². The van der Waals surface area contributed by atoms with Crippen LogP contribution in [0.4, 0.5) is 0 Å². The summed E-state index contributed by atoms with van der Waals surface area (Å²) < 4.78 is 0. The molecule has 4 aromatic carbocycles. The van der Waals surface area contributed by atoms with Crippen molar-refractivity contribution in [3.8, 4) is 23.0 Å². The quantitative estimate of drug-likeness (QED) is 0.0959. The van der Waals surface area contributed by atoms with Gasteiger partial charge in [-0.1, -0.05) is 11.8 Å². The van der Waals surface area contributed by atoms with E-state index in [9.17, 15) is 79.2 Å². The molecule has 8 N–H and O–H groups in total. The average Bonchev–Trinajstić information content (AvgIpc) is 3.08. The van der Waals surface area contributed by atoms with Gasteiger partial charge in [0.25, 0.3) is 0 Å². The number of hydrogen-bond donors (Lipinski definition) is 8. The number of aromatic carboxylic acids is 8. The molecule has 0 bridgehead atoms. The summed E-state index contributed by atoms with van der Waals surface area (Å²) in [6, 6.07) is 9.79. The molecule has 0 aromatic heterocycles. The second-order valence-corrected chi connectivity index (χ2v) is 10.9. The highest BCUT2D eigenvalue weighted by molar-refractivity contribution is 6.13. The van der Waals surface area contributed by atoms with Gasteiger partial charge in [-0.15, -0.1) is 0 Å². The second kappa shape index (κ2) is 14.8. The molecule has 0 heterocycles. The Balaban J connectivity index is 1.92. The number of benzene rings is 4. The van der Waals surface area contributed by atoms with E-state index in [-0.39, 0.29) is 46.2 Å². The molecule has 4 rings (SSSR count). The van der Waals surface area contributed by atoms with Crippen LogP contribution in [0.3, 0.4) is 0 Å². The van der Waals surface area contributed by atoms with Gasteiger partial charge in [-0.2, -0.15) is 0 Å². The van der Waals surface area contributed by atoms with Crippen molar-refractivity contribution in [1.82, 2.24) is 0 Å². The Bertz CT molecular complexity index is 2200. The summed E-state index contributed by atoms with van der Waals surface area (Å²) in [4.78, 5) is 96.1. The first kappa shape index (κ1) is 37.0. The van der Waals surface area contributed by atoms with E-state index >= 15 is 0 Å². The molecule has 4 aromatic rings. The molecule has 16 heteroatoms. The summed E-state index contributed by atoms with van der Waals surface area (Å²) in [6.45, 7) is 0. The van der Waals surface area contributed by atoms with E-state index in [1.54, 1.807) is 0 Å². The fraction of sp³-hybridized carbons (Fsp3) is 0.0556. The molecule has 0 atom stereocenters. The minimum absolute atomic E-state index is 0.0247. The maximum Gasteiger partial charge on any atom is 0.336 e. The third-order valence-electron chi connectivity index (χ3n) is 7.48. The number of carboxylic acids is 8. The van der Waals surface area contributed by atoms with Gasteiger partial charge >= 0.3 is 47.8 Å². The lowest BCUT2D eigenvalue weighted by molar-refractivity contribution is 0.0672. The van der Waals surface area contributed by atoms with Crippen molar-refractivity contribution in [2.45, 2.75) is 12.8 Å². The predicted octanol–water partition coefficient (Wildman–Crippen LogP) is 4.12. The molecule has 0 amide bonds. The zero-order valence-electron chi connectivity index (χ0n) is 26.0. The van der Waals surface area contributed by atoms with Crippen LogP contribution in [0.1, 0.15) is 105 Å². The Morgan fingerprint density at radius 1 is 0.346 bits per heavy atom. The zero-order chi connectivity index (χ0) is 38.6. The third kappa shape index (κ3) is 8.07. The van der Waals surface area contributed by atoms with E-state index in [0.29, 0.717) is 0 Å². The Hall–Kier alpha value is -7.80. The largest absolute Gasteiger partial charge is 0.478 e.